The maximum Gasteiger partial charge on any atom is 0.197 e. The molecule has 7 aromatic rings. The number of anilines is 6. The Balaban J connectivity index is 0.970. The Labute approximate surface area is 323 Å². The molecule has 0 aromatic heterocycles. The standard InChI is InChI=1S/C50H32N2O4/c53-47-41-31-43-44(50(56)46(49(43)55)30-34-23-27-40(28-24-34)52(37-17-9-3-10-18-37)38-19-11-4-12-20-38)32-42(41)48(54)45(47)29-33-21-25-39(26-22-33)51(35-13-5-1-6-14-35)36-15-7-2-8-16-36/h1-32H. The Morgan fingerprint density at radius 2 is 0.518 bits per heavy atom. The molecule has 9 rings (SSSR count). The minimum absolute atomic E-state index is 0.00444. The van der Waals surface area contributed by atoms with Crippen LogP contribution in [0.4, 0.5) is 34.1 Å². The molecule has 56 heavy (non-hydrogen) atoms. The molecule has 6 heteroatoms. The third-order valence-corrected chi connectivity index (χ3v) is 10.1. The number of hydrogen-bond donors (Lipinski definition) is 0. The molecule has 0 atom stereocenters. The van der Waals surface area contributed by atoms with Crippen molar-refractivity contribution in [1.82, 2.24) is 0 Å². The zero-order valence-electron chi connectivity index (χ0n) is 30.0. The van der Waals surface area contributed by atoms with Crippen molar-refractivity contribution in [3.05, 3.63) is 227 Å². The van der Waals surface area contributed by atoms with Gasteiger partial charge in [-0.3, -0.25) is 19.2 Å². The highest BCUT2D eigenvalue weighted by atomic mass is 16.2. The maximum absolute atomic E-state index is 13.7. The summed E-state index contributed by atoms with van der Waals surface area (Å²) < 4.78 is 0. The number of nitrogens with zero attached hydrogens (tertiary/aromatic N) is 2. The van der Waals surface area contributed by atoms with Gasteiger partial charge in [-0.2, -0.15) is 0 Å². The van der Waals surface area contributed by atoms with Crippen molar-refractivity contribution in [2.45, 2.75) is 0 Å². The molecule has 0 spiro atoms. The van der Waals surface area contributed by atoms with Crippen LogP contribution < -0.4 is 9.80 Å². The van der Waals surface area contributed by atoms with Gasteiger partial charge in [-0.05, 0) is 108 Å². The summed E-state index contributed by atoms with van der Waals surface area (Å²) in [7, 11) is 0. The molecule has 0 unspecified atom stereocenters. The number of hydrogen-bond acceptors (Lipinski definition) is 6. The zero-order valence-corrected chi connectivity index (χ0v) is 30.0. The number of benzene rings is 7. The first-order valence-electron chi connectivity index (χ1n) is 18.3. The smallest absolute Gasteiger partial charge is 0.197 e. The number of para-hydroxylation sites is 4. The third-order valence-electron chi connectivity index (χ3n) is 10.1. The molecule has 7 aromatic carbocycles. The van der Waals surface area contributed by atoms with E-state index in [1.807, 2.05) is 170 Å². The lowest BCUT2D eigenvalue weighted by Crippen LogP contribution is -2.09. The average molecular weight is 725 g/mol. The van der Waals surface area contributed by atoms with Gasteiger partial charge >= 0.3 is 0 Å². The van der Waals surface area contributed by atoms with E-state index in [0.717, 1.165) is 34.1 Å². The second-order valence-electron chi connectivity index (χ2n) is 13.6. The van der Waals surface area contributed by atoms with Crippen LogP contribution in [-0.4, -0.2) is 23.1 Å². The Bertz CT molecular complexity index is 2400. The van der Waals surface area contributed by atoms with E-state index in [1.165, 1.54) is 12.1 Å². The summed E-state index contributed by atoms with van der Waals surface area (Å²) in [4.78, 5) is 59.0. The van der Waals surface area contributed by atoms with E-state index < -0.39 is 23.1 Å². The van der Waals surface area contributed by atoms with E-state index >= 15 is 0 Å². The van der Waals surface area contributed by atoms with E-state index in [4.69, 9.17) is 0 Å². The maximum atomic E-state index is 13.7. The molecule has 266 valence electrons. The molecule has 0 heterocycles. The van der Waals surface area contributed by atoms with Crippen molar-refractivity contribution < 1.29 is 19.2 Å². The Morgan fingerprint density at radius 1 is 0.286 bits per heavy atom. The number of ketones is 4. The molecule has 6 nitrogen and oxygen atoms in total. The van der Waals surface area contributed by atoms with Gasteiger partial charge in [0.2, 0.25) is 0 Å². The quantitative estimate of drug-likeness (QED) is 0.115. The van der Waals surface area contributed by atoms with Gasteiger partial charge in [-0.15, -0.1) is 0 Å². The van der Waals surface area contributed by atoms with E-state index in [2.05, 4.69) is 9.80 Å². The molecule has 0 bridgehead atoms. The fourth-order valence-electron chi connectivity index (χ4n) is 7.38. The van der Waals surface area contributed by atoms with Gasteiger partial charge in [-0.1, -0.05) is 97.1 Å². The summed E-state index contributed by atoms with van der Waals surface area (Å²) in [5.74, 6) is -1.88. The van der Waals surface area contributed by atoms with E-state index in [0.29, 0.717) is 11.1 Å². The number of carbonyl (C=O) groups excluding carboxylic acids is 4. The number of carbonyl (C=O) groups is 4. The molecule has 0 amide bonds. The second-order valence-corrected chi connectivity index (χ2v) is 13.6. The minimum atomic E-state index is -0.471. The van der Waals surface area contributed by atoms with Crippen molar-refractivity contribution in [1.29, 1.82) is 0 Å². The van der Waals surface area contributed by atoms with Gasteiger partial charge < -0.3 is 9.80 Å². The molecule has 0 radical (unpaired) electrons. The van der Waals surface area contributed by atoms with Crippen LogP contribution in [0.15, 0.2) is 193 Å². The van der Waals surface area contributed by atoms with Gasteiger partial charge in [0, 0.05) is 56.4 Å². The largest absolute Gasteiger partial charge is 0.311 e. The Kier molecular flexibility index (Phi) is 8.69. The summed E-state index contributed by atoms with van der Waals surface area (Å²) in [5, 5.41) is 0. The van der Waals surface area contributed by atoms with E-state index in [1.54, 1.807) is 12.2 Å². The summed E-state index contributed by atoms with van der Waals surface area (Å²) in [6, 6.07) is 58.1. The fourth-order valence-corrected chi connectivity index (χ4v) is 7.38. The normalized spacial score (nSPS) is 13.1. The Hall–Kier alpha value is -7.70. The fraction of sp³-hybridized carbons (Fsp3) is 0. The van der Waals surface area contributed by atoms with Gasteiger partial charge in [0.05, 0.1) is 11.1 Å². The van der Waals surface area contributed by atoms with Gasteiger partial charge in [0.15, 0.2) is 23.1 Å². The third kappa shape index (κ3) is 6.15. The first kappa shape index (κ1) is 34.1. The molecule has 2 aliphatic carbocycles. The molecule has 0 saturated carbocycles. The van der Waals surface area contributed by atoms with E-state index in [-0.39, 0.29) is 33.4 Å². The van der Waals surface area contributed by atoms with Gasteiger partial charge in [0.25, 0.3) is 0 Å². The average Bonchev–Trinajstić information content (AvgIpc) is 3.62. The zero-order chi connectivity index (χ0) is 38.2. The SMILES string of the molecule is O=C1C(=Cc2ccc(N(c3ccccc3)c3ccccc3)cc2)C(=O)c2cc3c(cc21)C(=O)C(=Cc1ccc(N(c2ccccc2)c2ccccc2)cc1)C3=O. The number of rotatable bonds is 8. The molecular formula is C50H32N2O4. The van der Waals surface area contributed by atoms with Gasteiger partial charge in [0.1, 0.15) is 0 Å². The van der Waals surface area contributed by atoms with Crippen LogP contribution in [0.1, 0.15) is 52.6 Å². The van der Waals surface area contributed by atoms with Crippen molar-refractivity contribution in [2.75, 3.05) is 9.80 Å². The van der Waals surface area contributed by atoms with Crippen molar-refractivity contribution in [3.63, 3.8) is 0 Å². The topological polar surface area (TPSA) is 74.8 Å². The summed E-state index contributed by atoms with van der Waals surface area (Å²) in [6.07, 6.45) is 3.15. The lowest BCUT2D eigenvalue weighted by atomic mass is 10.0. The monoisotopic (exact) mass is 724 g/mol. The van der Waals surface area contributed by atoms with Crippen LogP contribution in [0, 0.1) is 0 Å². The van der Waals surface area contributed by atoms with Crippen LogP contribution in [0.2, 0.25) is 0 Å². The Morgan fingerprint density at radius 3 is 0.768 bits per heavy atom. The molecule has 0 fully saturated rings. The number of Topliss-reactive ketones (excluding diaryl/α,β-unsaturated/α-hetero) is 4. The van der Waals surface area contributed by atoms with Crippen LogP contribution in [-0.2, 0) is 0 Å². The van der Waals surface area contributed by atoms with Crippen LogP contribution in [0.25, 0.3) is 12.2 Å². The summed E-state index contributed by atoms with van der Waals surface area (Å²) in [6.45, 7) is 0. The van der Waals surface area contributed by atoms with Crippen molar-refractivity contribution >= 4 is 69.4 Å². The van der Waals surface area contributed by atoms with Crippen molar-refractivity contribution in [2.24, 2.45) is 0 Å². The highest BCUT2D eigenvalue weighted by Gasteiger charge is 2.40. The summed E-state index contributed by atoms with van der Waals surface area (Å²) in [5.41, 5.74) is 7.63. The predicted molar refractivity (Wildman–Crippen MR) is 222 cm³/mol. The lowest BCUT2D eigenvalue weighted by molar-refractivity contribution is 0.0978. The predicted octanol–water partition coefficient (Wildman–Crippen LogP) is 11.6. The van der Waals surface area contributed by atoms with Gasteiger partial charge in [-0.25, -0.2) is 0 Å². The molecule has 2 aliphatic rings. The summed E-state index contributed by atoms with van der Waals surface area (Å²) >= 11 is 0. The highest BCUT2D eigenvalue weighted by Crippen LogP contribution is 2.39. The lowest BCUT2D eigenvalue weighted by Gasteiger charge is -2.25. The van der Waals surface area contributed by atoms with E-state index in [9.17, 15) is 19.2 Å². The molecule has 0 aliphatic heterocycles. The van der Waals surface area contributed by atoms with Crippen LogP contribution in [0.5, 0.6) is 0 Å². The van der Waals surface area contributed by atoms with Crippen LogP contribution >= 0.6 is 0 Å². The first-order chi connectivity index (χ1) is 27.4. The number of allylic oxidation sites excluding steroid dienone is 2. The van der Waals surface area contributed by atoms with Crippen LogP contribution in [0.3, 0.4) is 0 Å². The second kappa shape index (κ2) is 14.3. The molecule has 0 N–H and O–H groups in total. The molecule has 0 saturated heterocycles. The number of fused-ring (bicyclic) bond motifs is 2. The first-order valence-corrected chi connectivity index (χ1v) is 18.3. The molecular weight excluding hydrogens is 693 g/mol. The van der Waals surface area contributed by atoms with Crippen molar-refractivity contribution in [3.8, 4) is 0 Å². The minimum Gasteiger partial charge on any atom is -0.311 e. The highest BCUT2D eigenvalue weighted by molar-refractivity contribution is 6.45.